The highest BCUT2D eigenvalue weighted by Crippen LogP contribution is 2.23. The molecule has 1 aromatic carbocycles. The van der Waals surface area contributed by atoms with Crippen LogP contribution in [-0.4, -0.2) is 40.0 Å². The fraction of sp³-hybridized carbons (Fsp3) is 0.500. The van der Waals surface area contributed by atoms with Gasteiger partial charge in [0, 0.05) is 25.2 Å². The van der Waals surface area contributed by atoms with Gasteiger partial charge in [0.05, 0.1) is 18.2 Å². The summed E-state index contributed by atoms with van der Waals surface area (Å²) in [6, 6.07) is 10.3. The van der Waals surface area contributed by atoms with E-state index >= 15 is 0 Å². The van der Waals surface area contributed by atoms with E-state index in [9.17, 15) is 9.59 Å². The Morgan fingerprint density at radius 1 is 1.21 bits per heavy atom. The van der Waals surface area contributed by atoms with E-state index in [0.717, 1.165) is 37.8 Å². The predicted molar refractivity (Wildman–Crippen MR) is 107 cm³/mol. The zero-order valence-corrected chi connectivity index (χ0v) is 16.2. The summed E-state index contributed by atoms with van der Waals surface area (Å²) in [6.45, 7) is 1.71. The number of fused-ring (bicyclic) bond motifs is 1. The molecule has 0 radical (unpaired) electrons. The van der Waals surface area contributed by atoms with Crippen molar-refractivity contribution in [3.05, 3.63) is 52.8 Å². The summed E-state index contributed by atoms with van der Waals surface area (Å²) in [6.07, 6.45) is 6.23. The maximum atomic E-state index is 12.7. The Labute approximate surface area is 165 Å². The molecule has 1 aliphatic carbocycles. The molecule has 148 valence electrons. The number of nitrogens with one attached hydrogen (secondary N) is 2. The molecule has 2 amide bonds. The Bertz CT molecular complexity index is 830. The SMILES string of the molecule is O=C(NCc1n[nH]c2c1CCC2)[C@@H]1CCC(=O)N(CCCc2ccccc2)C1. The van der Waals surface area contributed by atoms with E-state index in [4.69, 9.17) is 0 Å². The Kier molecular flexibility index (Phi) is 5.74. The highest BCUT2D eigenvalue weighted by Gasteiger charge is 2.30. The number of carbonyl (C=O) groups excluding carboxylic acids is 2. The second-order valence-corrected chi connectivity index (χ2v) is 7.86. The van der Waals surface area contributed by atoms with Gasteiger partial charge in [-0.05, 0) is 49.7 Å². The number of H-pyrrole nitrogens is 1. The van der Waals surface area contributed by atoms with Gasteiger partial charge >= 0.3 is 0 Å². The smallest absolute Gasteiger partial charge is 0.225 e. The van der Waals surface area contributed by atoms with Crippen LogP contribution in [0.25, 0.3) is 0 Å². The van der Waals surface area contributed by atoms with Gasteiger partial charge < -0.3 is 10.2 Å². The molecule has 0 spiro atoms. The summed E-state index contributed by atoms with van der Waals surface area (Å²) >= 11 is 0. The molecule has 6 nitrogen and oxygen atoms in total. The van der Waals surface area contributed by atoms with Crippen molar-refractivity contribution in [3.8, 4) is 0 Å². The monoisotopic (exact) mass is 380 g/mol. The van der Waals surface area contributed by atoms with E-state index in [1.165, 1.54) is 16.8 Å². The first kappa shape index (κ1) is 18.7. The van der Waals surface area contributed by atoms with Gasteiger partial charge in [0.2, 0.25) is 11.8 Å². The van der Waals surface area contributed by atoms with Crippen molar-refractivity contribution in [1.29, 1.82) is 0 Å². The molecule has 0 bridgehead atoms. The molecule has 1 aromatic heterocycles. The van der Waals surface area contributed by atoms with Gasteiger partial charge in [-0.2, -0.15) is 5.10 Å². The minimum atomic E-state index is -0.124. The summed E-state index contributed by atoms with van der Waals surface area (Å²) in [5.74, 6) is 0.0824. The van der Waals surface area contributed by atoms with Gasteiger partial charge in [0.1, 0.15) is 0 Å². The molecule has 0 unspecified atom stereocenters. The lowest BCUT2D eigenvalue weighted by Crippen LogP contribution is -2.46. The van der Waals surface area contributed by atoms with Crippen molar-refractivity contribution < 1.29 is 9.59 Å². The van der Waals surface area contributed by atoms with Gasteiger partial charge in [-0.25, -0.2) is 0 Å². The van der Waals surface area contributed by atoms with Crippen LogP contribution >= 0.6 is 0 Å². The zero-order valence-electron chi connectivity index (χ0n) is 16.2. The fourth-order valence-corrected chi connectivity index (χ4v) is 4.31. The van der Waals surface area contributed by atoms with E-state index in [2.05, 4.69) is 27.6 Å². The van der Waals surface area contributed by atoms with Crippen molar-refractivity contribution in [3.63, 3.8) is 0 Å². The first-order valence-corrected chi connectivity index (χ1v) is 10.3. The molecule has 4 rings (SSSR count). The molecule has 1 atom stereocenters. The van der Waals surface area contributed by atoms with E-state index in [0.29, 0.717) is 32.5 Å². The molecule has 1 aliphatic heterocycles. The Morgan fingerprint density at radius 2 is 2.07 bits per heavy atom. The normalized spacial score (nSPS) is 18.9. The minimum Gasteiger partial charge on any atom is -0.350 e. The summed E-state index contributed by atoms with van der Waals surface area (Å²) in [7, 11) is 0. The Hall–Kier alpha value is -2.63. The van der Waals surface area contributed by atoms with Crippen molar-refractivity contribution in [1.82, 2.24) is 20.4 Å². The molecule has 6 heteroatoms. The predicted octanol–water partition coefficient (Wildman–Crippen LogP) is 2.39. The number of carbonyl (C=O) groups is 2. The summed E-state index contributed by atoms with van der Waals surface area (Å²) < 4.78 is 0. The van der Waals surface area contributed by atoms with Gasteiger partial charge in [-0.15, -0.1) is 0 Å². The first-order valence-electron chi connectivity index (χ1n) is 10.3. The van der Waals surface area contributed by atoms with Gasteiger partial charge in [-0.3, -0.25) is 14.7 Å². The molecule has 2 heterocycles. The van der Waals surface area contributed by atoms with Gasteiger partial charge in [-0.1, -0.05) is 30.3 Å². The van der Waals surface area contributed by atoms with Crippen molar-refractivity contribution >= 4 is 11.8 Å². The molecule has 2 aromatic rings. The van der Waals surface area contributed by atoms with Crippen LogP contribution in [0.5, 0.6) is 0 Å². The number of rotatable bonds is 7. The number of likely N-dealkylation sites (tertiary alicyclic amines) is 1. The van der Waals surface area contributed by atoms with Crippen LogP contribution < -0.4 is 5.32 Å². The van der Waals surface area contributed by atoms with Crippen LogP contribution in [0.1, 0.15) is 48.2 Å². The number of hydrogen-bond acceptors (Lipinski definition) is 3. The second-order valence-electron chi connectivity index (χ2n) is 7.86. The fourth-order valence-electron chi connectivity index (χ4n) is 4.31. The molecule has 0 saturated carbocycles. The number of nitrogens with zero attached hydrogens (tertiary/aromatic N) is 2. The highest BCUT2D eigenvalue weighted by molar-refractivity contribution is 5.83. The van der Waals surface area contributed by atoms with Crippen molar-refractivity contribution in [2.45, 2.75) is 51.5 Å². The average molecular weight is 380 g/mol. The maximum absolute atomic E-state index is 12.7. The number of aromatic nitrogens is 2. The third-order valence-electron chi connectivity index (χ3n) is 5.93. The molecule has 28 heavy (non-hydrogen) atoms. The molecule has 1 fully saturated rings. The summed E-state index contributed by atoms with van der Waals surface area (Å²) in [5, 5.41) is 10.5. The third kappa shape index (κ3) is 4.26. The number of amides is 2. The number of aromatic amines is 1. The molecular weight excluding hydrogens is 352 g/mol. The summed E-state index contributed by atoms with van der Waals surface area (Å²) in [5.41, 5.74) is 4.75. The Morgan fingerprint density at radius 3 is 2.93 bits per heavy atom. The Balaban J connectivity index is 1.26. The third-order valence-corrected chi connectivity index (χ3v) is 5.93. The van der Waals surface area contributed by atoms with E-state index in [-0.39, 0.29) is 17.7 Å². The lowest BCUT2D eigenvalue weighted by atomic mass is 9.96. The van der Waals surface area contributed by atoms with Crippen molar-refractivity contribution in [2.75, 3.05) is 13.1 Å². The first-order chi connectivity index (χ1) is 13.7. The standard InChI is InChI=1S/C22H28N4O2/c27-21-12-11-17(15-26(21)13-5-8-16-6-2-1-3-7-16)22(28)23-14-20-18-9-4-10-19(18)24-25-20/h1-3,6-7,17H,4-5,8-15H2,(H,23,28)(H,24,25)/t17-/m1/s1. The van der Waals surface area contributed by atoms with Crippen LogP contribution in [0.15, 0.2) is 30.3 Å². The lowest BCUT2D eigenvalue weighted by Gasteiger charge is -2.32. The largest absolute Gasteiger partial charge is 0.350 e. The van der Waals surface area contributed by atoms with E-state index in [1.54, 1.807) is 0 Å². The minimum absolute atomic E-state index is 0.0373. The quantitative estimate of drug-likeness (QED) is 0.774. The topological polar surface area (TPSA) is 78.1 Å². The molecule has 1 saturated heterocycles. The van der Waals surface area contributed by atoms with Crippen LogP contribution in [0.4, 0.5) is 0 Å². The second kappa shape index (κ2) is 8.59. The number of piperidine rings is 1. The molecule has 2 aliphatic rings. The molecule has 2 N–H and O–H groups in total. The number of aryl methyl sites for hydroxylation is 2. The highest BCUT2D eigenvalue weighted by atomic mass is 16.2. The van der Waals surface area contributed by atoms with Gasteiger partial charge in [0.25, 0.3) is 0 Å². The molecular formula is C22H28N4O2. The zero-order chi connectivity index (χ0) is 19.3. The van der Waals surface area contributed by atoms with E-state index < -0.39 is 0 Å². The van der Waals surface area contributed by atoms with Crippen molar-refractivity contribution in [2.24, 2.45) is 5.92 Å². The average Bonchev–Trinajstić information content (AvgIpc) is 3.33. The number of hydrogen-bond donors (Lipinski definition) is 2. The van der Waals surface area contributed by atoms with Crippen LogP contribution in [0.2, 0.25) is 0 Å². The van der Waals surface area contributed by atoms with Crippen LogP contribution in [0.3, 0.4) is 0 Å². The summed E-state index contributed by atoms with van der Waals surface area (Å²) in [4.78, 5) is 26.8. The number of benzene rings is 1. The van der Waals surface area contributed by atoms with E-state index in [1.807, 2.05) is 23.1 Å². The van der Waals surface area contributed by atoms with Gasteiger partial charge in [0.15, 0.2) is 0 Å². The van der Waals surface area contributed by atoms with Crippen LogP contribution in [-0.2, 0) is 35.4 Å². The maximum Gasteiger partial charge on any atom is 0.225 e. The lowest BCUT2D eigenvalue weighted by molar-refractivity contribution is -0.138. The van der Waals surface area contributed by atoms with Crippen LogP contribution in [0, 0.1) is 5.92 Å².